The molecule has 0 aromatic heterocycles. The second-order valence-electron chi connectivity index (χ2n) is 10.3. The van der Waals surface area contributed by atoms with Gasteiger partial charge in [-0.15, -0.1) is 0 Å². The first-order valence-corrected chi connectivity index (χ1v) is 17.0. The summed E-state index contributed by atoms with van der Waals surface area (Å²) in [4.78, 5) is 34.3. The lowest BCUT2D eigenvalue weighted by atomic mass is 10.1. The van der Waals surface area contributed by atoms with Gasteiger partial charge in [-0.05, 0) is 12.8 Å². The van der Waals surface area contributed by atoms with Crippen LogP contribution in [0.25, 0.3) is 0 Å². The number of ether oxygens (including phenoxy) is 2. The van der Waals surface area contributed by atoms with E-state index in [0.717, 1.165) is 38.5 Å². The van der Waals surface area contributed by atoms with Gasteiger partial charge in [-0.2, -0.15) is 0 Å². The summed E-state index contributed by atoms with van der Waals surface area (Å²) in [5.41, 5.74) is 5.29. The summed E-state index contributed by atoms with van der Waals surface area (Å²) in [5.74, 6) is -0.832. The zero-order valence-electron chi connectivity index (χ0n) is 24.9. The van der Waals surface area contributed by atoms with E-state index in [2.05, 4.69) is 13.8 Å². The largest absolute Gasteiger partial charge is 0.472 e. The molecule has 2 atom stereocenters. The van der Waals surface area contributed by atoms with E-state index in [0.29, 0.717) is 6.42 Å². The Labute approximate surface area is 237 Å². The number of phosphoric ester groups is 1. The molecule has 9 nitrogen and oxygen atoms in total. The molecule has 0 rings (SSSR count). The van der Waals surface area contributed by atoms with Crippen LogP contribution in [0.5, 0.6) is 0 Å². The molecule has 0 aromatic carbocycles. The minimum Gasteiger partial charge on any atom is -0.462 e. The normalized spacial score (nSPS) is 13.6. The Balaban J connectivity index is 4.32. The third kappa shape index (κ3) is 27.0. The Morgan fingerprint density at radius 1 is 0.667 bits per heavy atom. The lowest BCUT2D eigenvalue weighted by Crippen LogP contribution is -2.29. The minimum atomic E-state index is -4.35. The van der Waals surface area contributed by atoms with Crippen molar-refractivity contribution in [2.45, 2.75) is 148 Å². The molecule has 39 heavy (non-hydrogen) atoms. The lowest BCUT2D eigenvalue weighted by molar-refractivity contribution is -0.161. The summed E-state index contributed by atoms with van der Waals surface area (Å²) in [5, 5.41) is 0. The zero-order valence-corrected chi connectivity index (χ0v) is 25.8. The first kappa shape index (κ1) is 38.0. The smallest absolute Gasteiger partial charge is 0.462 e. The Hall–Kier alpha value is -0.990. The average Bonchev–Trinajstić information content (AvgIpc) is 2.91. The van der Waals surface area contributed by atoms with Crippen LogP contribution in [0.1, 0.15) is 142 Å². The van der Waals surface area contributed by atoms with Gasteiger partial charge in [0.2, 0.25) is 0 Å². The maximum Gasteiger partial charge on any atom is 0.472 e. The second-order valence-corrected chi connectivity index (χ2v) is 11.8. The van der Waals surface area contributed by atoms with Gasteiger partial charge in [-0.1, -0.05) is 117 Å². The van der Waals surface area contributed by atoms with Crippen molar-refractivity contribution in [1.82, 2.24) is 0 Å². The molecular weight excluding hydrogens is 521 g/mol. The van der Waals surface area contributed by atoms with Crippen LogP contribution >= 0.6 is 7.82 Å². The SMILES string of the molecule is CCCCCCCCCCCCC(=O)OC[C@H](COP(=O)(O)OCCN)OC(=O)CCCCCCCCCC. The fourth-order valence-electron chi connectivity index (χ4n) is 4.16. The van der Waals surface area contributed by atoms with Crippen molar-refractivity contribution in [3.8, 4) is 0 Å². The second kappa shape index (κ2) is 27.2. The summed E-state index contributed by atoms with van der Waals surface area (Å²) in [6.45, 7) is 3.66. The lowest BCUT2D eigenvalue weighted by Gasteiger charge is -2.19. The van der Waals surface area contributed by atoms with Crippen LogP contribution in [0.15, 0.2) is 0 Å². The summed E-state index contributed by atoms with van der Waals surface area (Å²) in [7, 11) is -4.35. The predicted molar refractivity (Wildman–Crippen MR) is 155 cm³/mol. The monoisotopic (exact) mass is 579 g/mol. The van der Waals surface area contributed by atoms with Gasteiger partial charge in [-0.25, -0.2) is 4.57 Å². The highest BCUT2D eigenvalue weighted by molar-refractivity contribution is 7.47. The van der Waals surface area contributed by atoms with E-state index in [1.807, 2.05) is 0 Å². The Kier molecular flexibility index (Phi) is 26.5. The van der Waals surface area contributed by atoms with E-state index < -0.39 is 26.5 Å². The molecule has 0 aliphatic carbocycles. The van der Waals surface area contributed by atoms with Gasteiger partial charge >= 0.3 is 19.8 Å². The van der Waals surface area contributed by atoms with Crippen molar-refractivity contribution >= 4 is 19.8 Å². The highest BCUT2D eigenvalue weighted by atomic mass is 31.2. The van der Waals surface area contributed by atoms with Crippen molar-refractivity contribution in [3.63, 3.8) is 0 Å². The highest BCUT2D eigenvalue weighted by Crippen LogP contribution is 2.43. The van der Waals surface area contributed by atoms with Crippen molar-refractivity contribution < 1.29 is 37.6 Å². The van der Waals surface area contributed by atoms with Crippen LogP contribution in [0, 0.1) is 0 Å². The standard InChI is InChI=1S/C29H58NO8P/c1-3-5-7-9-11-13-14-16-17-19-21-28(31)35-25-27(26-37-39(33,34)36-24-23-30)38-29(32)22-20-18-15-12-10-8-6-4-2/h27H,3-26,30H2,1-2H3,(H,33,34)/t27-/m1/s1. The van der Waals surface area contributed by atoms with E-state index in [-0.39, 0.29) is 38.6 Å². The number of carbonyl (C=O) groups excluding carboxylic acids is 2. The van der Waals surface area contributed by atoms with Gasteiger partial charge in [0.05, 0.1) is 13.2 Å². The fraction of sp³-hybridized carbons (Fsp3) is 0.931. The first-order valence-electron chi connectivity index (χ1n) is 15.5. The van der Waals surface area contributed by atoms with E-state index in [1.165, 1.54) is 70.6 Å². The first-order chi connectivity index (χ1) is 18.8. The molecule has 0 fully saturated rings. The molecule has 0 aliphatic rings. The molecule has 3 N–H and O–H groups in total. The van der Waals surface area contributed by atoms with E-state index in [9.17, 15) is 19.0 Å². The topological polar surface area (TPSA) is 134 Å². The minimum absolute atomic E-state index is 0.0570. The molecule has 0 aliphatic heterocycles. The summed E-state index contributed by atoms with van der Waals surface area (Å²) < 4.78 is 32.3. The van der Waals surface area contributed by atoms with Crippen LogP contribution < -0.4 is 5.73 Å². The molecule has 1 unspecified atom stereocenters. The third-order valence-electron chi connectivity index (χ3n) is 6.49. The Morgan fingerprint density at radius 2 is 1.10 bits per heavy atom. The van der Waals surface area contributed by atoms with Crippen LogP contribution in [-0.4, -0.2) is 49.3 Å². The molecule has 0 amide bonds. The predicted octanol–water partition coefficient (Wildman–Crippen LogP) is 7.38. The molecule has 0 bridgehead atoms. The molecule has 0 saturated carbocycles. The number of phosphoric acid groups is 1. The van der Waals surface area contributed by atoms with Gasteiger partial charge in [0, 0.05) is 19.4 Å². The van der Waals surface area contributed by atoms with Crippen LogP contribution in [0.4, 0.5) is 0 Å². The van der Waals surface area contributed by atoms with Crippen LogP contribution in [0.2, 0.25) is 0 Å². The van der Waals surface area contributed by atoms with Gasteiger partial charge in [0.1, 0.15) is 6.61 Å². The van der Waals surface area contributed by atoms with Gasteiger partial charge in [0.25, 0.3) is 0 Å². The van der Waals surface area contributed by atoms with Crippen LogP contribution in [-0.2, 0) is 32.7 Å². The molecule has 0 aromatic rings. The van der Waals surface area contributed by atoms with Crippen molar-refractivity contribution in [3.05, 3.63) is 0 Å². The van der Waals surface area contributed by atoms with E-state index in [1.54, 1.807) is 0 Å². The van der Waals surface area contributed by atoms with Crippen molar-refractivity contribution in [2.24, 2.45) is 5.73 Å². The fourth-order valence-corrected chi connectivity index (χ4v) is 4.93. The number of hydrogen-bond acceptors (Lipinski definition) is 8. The molecule has 10 heteroatoms. The summed E-state index contributed by atoms with van der Waals surface area (Å²) in [6, 6.07) is 0. The Bertz CT molecular complexity index is 634. The van der Waals surface area contributed by atoms with Crippen molar-refractivity contribution in [1.29, 1.82) is 0 Å². The van der Waals surface area contributed by atoms with Gasteiger partial charge in [-0.3, -0.25) is 18.6 Å². The van der Waals surface area contributed by atoms with Gasteiger partial charge < -0.3 is 20.1 Å². The van der Waals surface area contributed by atoms with Crippen LogP contribution in [0.3, 0.4) is 0 Å². The number of rotatable bonds is 29. The molecule has 0 radical (unpaired) electrons. The van der Waals surface area contributed by atoms with Gasteiger partial charge in [0.15, 0.2) is 6.10 Å². The molecule has 0 spiro atoms. The molecule has 0 saturated heterocycles. The number of unbranched alkanes of at least 4 members (excludes halogenated alkanes) is 16. The van der Waals surface area contributed by atoms with E-state index >= 15 is 0 Å². The van der Waals surface area contributed by atoms with E-state index in [4.69, 9.17) is 24.3 Å². The third-order valence-corrected chi connectivity index (χ3v) is 7.48. The maximum atomic E-state index is 12.3. The number of esters is 2. The highest BCUT2D eigenvalue weighted by Gasteiger charge is 2.25. The maximum absolute atomic E-state index is 12.3. The quantitative estimate of drug-likeness (QED) is 0.0529. The Morgan fingerprint density at radius 3 is 1.56 bits per heavy atom. The average molecular weight is 580 g/mol. The summed E-state index contributed by atoms with van der Waals surface area (Å²) in [6.07, 6.45) is 20.1. The van der Waals surface area contributed by atoms with Crippen molar-refractivity contribution in [2.75, 3.05) is 26.4 Å². The summed E-state index contributed by atoms with van der Waals surface area (Å²) >= 11 is 0. The number of carbonyl (C=O) groups is 2. The molecule has 232 valence electrons. The number of nitrogens with two attached hydrogens (primary N) is 1. The zero-order chi connectivity index (χ0) is 29.0. The molecule has 0 heterocycles. The molecular formula is C29H58NO8P. The number of hydrogen-bond donors (Lipinski definition) is 2.